The van der Waals surface area contributed by atoms with Crippen molar-refractivity contribution in [2.24, 2.45) is 0 Å². The number of fused-ring (bicyclic) bond motifs is 1. The summed E-state index contributed by atoms with van der Waals surface area (Å²) in [5.41, 5.74) is 1.48. The van der Waals surface area contributed by atoms with Crippen molar-refractivity contribution in [1.29, 1.82) is 0 Å². The van der Waals surface area contributed by atoms with Crippen LogP contribution in [0.4, 0.5) is 4.39 Å². The molecule has 0 aromatic heterocycles. The van der Waals surface area contributed by atoms with Crippen LogP contribution in [0, 0.1) is 5.82 Å². The molecule has 1 unspecified atom stereocenters. The van der Waals surface area contributed by atoms with Gasteiger partial charge in [-0.3, -0.25) is 0 Å². The standard InChI is InChI=1S/C17H17FO3/c1-17(10-19,13-3-5-14(18)6-4-13)9-12-2-7-15-16(8-12)21-11-20-15/h2-8,19H,9-11H2,1H3. The Morgan fingerprint density at radius 1 is 1.10 bits per heavy atom. The van der Waals surface area contributed by atoms with Crippen molar-refractivity contribution in [1.82, 2.24) is 0 Å². The van der Waals surface area contributed by atoms with Crippen LogP contribution in [0.1, 0.15) is 18.1 Å². The molecule has 1 aliphatic rings. The molecule has 21 heavy (non-hydrogen) atoms. The summed E-state index contributed by atoms with van der Waals surface area (Å²) in [6, 6.07) is 12.0. The van der Waals surface area contributed by atoms with Crippen molar-refractivity contribution in [3.8, 4) is 11.5 Å². The first kappa shape index (κ1) is 13.9. The number of ether oxygens (including phenoxy) is 2. The second kappa shape index (κ2) is 5.37. The van der Waals surface area contributed by atoms with E-state index in [-0.39, 0.29) is 19.2 Å². The highest BCUT2D eigenvalue weighted by molar-refractivity contribution is 5.45. The summed E-state index contributed by atoms with van der Waals surface area (Å²) < 4.78 is 23.7. The van der Waals surface area contributed by atoms with Crippen molar-refractivity contribution in [2.45, 2.75) is 18.8 Å². The molecule has 1 atom stereocenters. The van der Waals surface area contributed by atoms with Gasteiger partial charge in [-0.25, -0.2) is 4.39 Å². The highest BCUT2D eigenvalue weighted by Gasteiger charge is 2.27. The monoisotopic (exact) mass is 288 g/mol. The van der Waals surface area contributed by atoms with Crippen LogP contribution >= 0.6 is 0 Å². The molecule has 3 rings (SSSR count). The average Bonchev–Trinajstić information content (AvgIpc) is 2.95. The molecule has 2 aromatic rings. The lowest BCUT2D eigenvalue weighted by molar-refractivity contribution is 0.174. The minimum Gasteiger partial charge on any atom is -0.454 e. The topological polar surface area (TPSA) is 38.7 Å². The van der Waals surface area contributed by atoms with Gasteiger partial charge < -0.3 is 14.6 Å². The van der Waals surface area contributed by atoms with Gasteiger partial charge in [-0.2, -0.15) is 0 Å². The molecule has 0 saturated carbocycles. The number of hydrogen-bond donors (Lipinski definition) is 1. The zero-order chi connectivity index (χ0) is 14.9. The van der Waals surface area contributed by atoms with Crippen LogP contribution in [0.25, 0.3) is 0 Å². The maximum atomic E-state index is 13.1. The van der Waals surface area contributed by atoms with Crippen LogP contribution in [-0.2, 0) is 11.8 Å². The molecular weight excluding hydrogens is 271 g/mol. The number of aliphatic hydroxyl groups is 1. The number of benzene rings is 2. The second-order valence-corrected chi connectivity index (χ2v) is 5.59. The number of hydrogen-bond acceptors (Lipinski definition) is 3. The van der Waals surface area contributed by atoms with Crippen molar-refractivity contribution in [2.75, 3.05) is 13.4 Å². The predicted molar refractivity (Wildman–Crippen MR) is 77.1 cm³/mol. The Bertz CT molecular complexity index is 639. The van der Waals surface area contributed by atoms with E-state index in [0.717, 1.165) is 22.6 Å². The molecule has 2 aromatic carbocycles. The third-order valence-electron chi connectivity index (χ3n) is 3.92. The Kier molecular flexibility index (Phi) is 3.55. The van der Waals surface area contributed by atoms with Gasteiger partial charge >= 0.3 is 0 Å². The van der Waals surface area contributed by atoms with Crippen LogP contribution in [0.15, 0.2) is 42.5 Å². The molecular formula is C17H17FO3. The Balaban J connectivity index is 1.88. The molecule has 0 aliphatic carbocycles. The Labute approximate surface area is 122 Å². The number of halogens is 1. The summed E-state index contributed by atoms with van der Waals surface area (Å²) in [6.45, 7) is 2.19. The third kappa shape index (κ3) is 2.72. The van der Waals surface area contributed by atoms with Crippen LogP contribution in [0.5, 0.6) is 11.5 Å². The van der Waals surface area contributed by atoms with Crippen LogP contribution in [0.2, 0.25) is 0 Å². The maximum absolute atomic E-state index is 13.1. The van der Waals surface area contributed by atoms with E-state index >= 15 is 0 Å². The minimum absolute atomic E-state index is 0.0208. The number of aliphatic hydroxyl groups excluding tert-OH is 1. The van der Waals surface area contributed by atoms with E-state index < -0.39 is 5.41 Å². The van der Waals surface area contributed by atoms with Crippen LogP contribution < -0.4 is 9.47 Å². The molecule has 0 bridgehead atoms. The highest BCUT2D eigenvalue weighted by Crippen LogP contribution is 2.35. The van der Waals surface area contributed by atoms with E-state index in [1.54, 1.807) is 12.1 Å². The average molecular weight is 288 g/mol. The first-order valence-corrected chi connectivity index (χ1v) is 6.86. The van der Waals surface area contributed by atoms with E-state index in [2.05, 4.69) is 0 Å². The quantitative estimate of drug-likeness (QED) is 0.939. The predicted octanol–water partition coefficient (Wildman–Crippen LogP) is 3.05. The smallest absolute Gasteiger partial charge is 0.231 e. The Morgan fingerprint density at radius 2 is 1.81 bits per heavy atom. The fourth-order valence-electron chi connectivity index (χ4n) is 2.60. The summed E-state index contributed by atoms with van der Waals surface area (Å²) >= 11 is 0. The van der Waals surface area contributed by atoms with Gasteiger partial charge in [0, 0.05) is 5.41 Å². The molecule has 0 fully saturated rings. The van der Waals surface area contributed by atoms with E-state index in [4.69, 9.17) is 9.47 Å². The van der Waals surface area contributed by atoms with Gasteiger partial charge in [0.05, 0.1) is 6.61 Å². The van der Waals surface area contributed by atoms with E-state index in [1.165, 1.54) is 12.1 Å². The van der Waals surface area contributed by atoms with Gasteiger partial charge in [-0.15, -0.1) is 0 Å². The van der Waals surface area contributed by atoms with Crippen molar-refractivity contribution >= 4 is 0 Å². The summed E-state index contributed by atoms with van der Waals surface area (Å²) in [7, 11) is 0. The molecule has 1 N–H and O–H groups in total. The van der Waals surface area contributed by atoms with Crippen molar-refractivity contribution < 1.29 is 19.0 Å². The first-order chi connectivity index (χ1) is 10.1. The molecule has 110 valence electrons. The van der Waals surface area contributed by atoms with Gasteiger partial charge in [0.2, 0.25) is 6.79 Å². The number of rotatable bonds is 4. The first-order valence-electron chi connectivity index (χ1n) is 6.86. The Morgan fingerprint density at radius 3 is 2.52 bits per heavy atom. The highest BCUT2D eigenvalue weighted by atomic mass is 19.1. The maximum Gasteiger partial charge on any atom is 0.231 e. The Hall–Kier alpha value is -2.07. The van der Waals surface area contributed by atoms with Crippen molar-refractivity contribution in [3.05, 3.63) is 59.4 Å². The third-order valence-corrected chi connectivity index (χ3v) is 3.92. The van der Waals surface area contributed by atoms with Crippen molar-refractivity contribution in [3.63, 3.8) is 0 Å². The van der Waals surface area contributed by atoms with Crippen LogP contribution in [0.3, 0.4) is 0 Å². The van der Waals surface area contributed by atoms with Crippen LogP contribution in [-0.4, -0.2) is 18.5 Å². The lowest BCUT2D eigenvalue weighted by Gasteiger charge is -2.28. The summed E-state index contributed by atoms with van der Waals surface area (Å²) in [4.78, 5) is 0. The lowest BCUT2D eigenvalue weighted by Crippen LogP contribution is -2.29. The second-order valence-electron chi connectivity index (χ2n) is 5.59. The normalized spacial score (nSPS) is 15.8. The van der Waals surface area contributed by atoms with Gasteiger partial charge in [0.1, 0.15) is 5.82 Å². The molecule has 0 amide bonds. The fourth-order valence-corrected chi connectivity index (χ4v) is 2.60. The molecule has 3 nitrogen and oxygen atoms in total. The van der Waals surface area contributed by atoms with Gasteiger partial charge in [-0.1, -0.05) is 25.1 Å². The summed E-state index contributed by atoms with van der Waals surface area (Å²) in [6.07, 6.45) is 0.631. The van der Waals surface area contributed by atoms with Gasteiger partial charge in [-0.05, 0) is 41.8 Å². The summed E-state index contributed by atoms with van der Waals surface area (Å²) in [5, 5.41) is 9.81. The molecule has 4 heteroatoms. The largest absolute Gasteiger partial charge is 0.454 e. The zero-order valence-corrected chi connectivity index (χ0v) is 11.8. The van der Waals surface area contributed by atoms with E-state index in [9.17, 15) is 9.50 Å². The molecule has 1 heterocycles. The molecule has 1 aliphatic heterocycles. The molecule has 0 saturated heterocycles. The van der Waals surface area contributed by atoms with Gasteiger partial charge in [0.25, 0.3) is 0 Å². The fraction of sp³-hybridized carbons (Fsp3) is 0.294. The lowest BCUT2D eigenvalue weighted by atomic mass is 9.78. The minimum atomic E-state index is -0.471. The SMILES string of the molecule is CC(CO)(Cc1ccc2c(c1)OCO2)c1ccc(F)cc1. The zero-order valence-electron chi connectivity index (χ0n) is 11.8. The molecule has 0 spiro atoms. The molecule has 0 radical (unpaired) electrons. The summed E-state index contributed by atoms with van der Waals surface area (Å²) in [5.74, 6) is 1.19. The van der Waals surface area contributed by atoms with Gasteiger partial charge in [0.15, 0.2) is 11.5 Å². The van der Waals surface area contributed by atoms with E-state index in [1.807, 2.05) is 25.1 Å². The van der Waals surface area contributed by atoms with E-state index in [0.29, 0.717) is 6.42 Å².